The highest BCUT2D eigenvalue weighted by Gasteiger charge is 2.40. The molecule has 0 fully saturated rings. The highest BCUT2D eigenvalue weighted by molar-refractivity contribution is 5.95. The molecule has 0 aromatic rings. The molecule has 116 valence electrons. The summed E-state index contributed by atoms with van der Waals surface area (Å²) in [6.45, 7) is 8.80. The third kappa shape index (κ3) is 5.59. The van der Waals surface area contributed by atoms with Crippen molar-refractivity contribution < 1.29 is 28.6 Å². The topological polar surface area (TPSA) is 78.9 Å². The van der Waals surface area contributed by atoms with Gasteiger partial charge in [0.2, 0.25) is 0 Å². The maximum absolute atomic E-state index is 11.8. The van der Waals surface area contributed by atoms with Crippen LogP contribution in [-0.4, -0.2) is 37.7 Å². The lowest BCUT2D eigenvalue weighted by atomic mass is 9.82. The Morgan fingerprint density at radius 1 is 0.850 bits per heavy atom. The maximum atomic E-state index is 11.8. The SMILES string of the molecule is CCOC(=O)C(CC(C)(C)C(=O)OCC)C(=O)OCC. The van der Waals surface area contributed by atoms with Crippen LogP contribution in [0.5, 0.6) is 0 Å². The molecule has 20 heavy (non-hydrogen) atoms. The highest BCUT2D eigenvalue weighted by Crippen LogP contribution is 2.28. The number of esters is 3. The lowest BCUT2D eigenvalue weighted by Crippen LogP contribution is -2.36. The van der Waals surface area contributed by atoms with Crippen molar-refractivity contribution in [3.05, 3.63) is 0 Å². The van der Waals surface area contributed by atoms with Gasteiger partial charge in [-0.1, -0.05) is 0 Å². The van der Waals surface area contributed by atoms with E-state index >= 15 is 0 Å². The minimum absolute atomic E-state index is 0.0104. The van der Waals surface area contributed by atoms with Gasteiger partial charge in [-0.2, -0.15) is 0 Å². The second kappa shape index (κ2) is 8.55. The van der Waals surface area contributed by atoms with Crippen LogP contribution in [0.1, 0.15) is 41.0 Å². The monoisotopic (exact) mass is 288 g/mol. The first-order valence-corrected chi connectivity index (χ1v) is 6.80. The van der Waals surface area contributed by atoms with Gasteiger partial charge in [0.05, 0.1) is 25.2 Å². The molecule has 0 bridgehead atoms. The molecule has 0 N–H and O–H groups in total. The first-order chi connectivity index (χ1) is 9.30. The van der Waals surface area contributed by atoms with Crippen LogP contribution in [0.4, 0.5) is 0 Å². The molecule has 0 aliphatic rings. The Labute approximate surface area is 119 Å². The summed E-state index contributed by atoms with van der Waals surface area (Å²) in [5.41, 5.74) is -0.972. The van der Waals surface area contributed by atoms with E-state index in [0.717, 1.165) is 0 Å². The van der Waals surface area contributed by atoms with Gasteiger partial charge in [0.15, 0.2) is 5.92 Å². The summed E-state index contributed by atoms with van der Waals surface area (Å²) in [5.74, 6) is -2.93. The Morgan fingerprint density at radius 3 is 1.60 bits per heavy atom. The number of carbonyl (C=O) groups is 3. The van der Waals surface area contributed by atoms with E-state index in [-0.39, 0.29) is 26.2 Å². The Kier molecular flexibility index (Phi) is 7.87. The van der Waals surface area contributed by atoms with Gasteiger partial charge in [-0.25, -0.2) is 0 Å². The van der Waals surface area contributed by atoms with Gasteiger partial charge in [0.25, 0.3) is 0 Å². The second-order valence-electron chi connectivity index (χ2n) is 4.87. The zero-order valence-corrected chi connectivity index (χ0v) is 12.9. The quantitative estimate of drug-likeness (QED) is 0.384. The molecule has 0 saturated heterocycles. The molecule has 0 aliphatic carbocycles. The van der Waals surface area contributed by atoms with Crippen molar-refractivity contribution in [1.82, 2.24) is 0 Å². The summed E-state index contributed by atoms with van der Waals surface area (Å²) < 4.78 is 14.7. The summed E-state index contributed by atoms with van der Waals surface area (Å²) in [7, 11) is 0. The van der Waals surface area contributed by atoms with Crippen LogP contribution >= 0.6 is 0 Å². The fourth-order valence-electron chi connectivity index (χ4n) is 1.67. The molecule has 0 amide bonds. The van der Waals surface area contributed by atoms with Crippen LogP contribution in [0.25, 0.3) is 0 Å². The van der Waals surface area contributed by atoms with Crippen molar-refractivity contribution in [1.29, 1.82) is 0 Å². The second-order valence-corrected chi connectivity index (χ2v) is 4.87. The van der Waals surface area contributed by atoms with E-state index in [1.807, 2.05) is 0 Å². The van der Waals surface area contributed by atoms with Gasteiger partial charge in [-0.05, 0) is 41.0 Å². The van der Waals surface area contributed by atoms with E-state index in [2.05, 4.69) is 0 Å². The van der Waals surface area contributed by atoms with E-state index in [9.17, 15) is 14.4 Å². The Hall–Kier alpha value is -1.59. The Morgan fingerprint density at radius 2 is 1.25 bits per heavy atom. The minimum atomic E-state index is -1.12. The first-order valence-electron chi connectivity index (χ1n) is 6.80. The van der Waals surface area contributed by atoms with Crippen LogP contribution in [0.15, 0.2) is 0 Å². The molecule has 0 rings (SSSR count). The van der Waals surface area contributed by atoms with E-state index in [0.29, 0.717) is 0 Å². The molecule has 0 aromatic carbocycles. The molecule has 0 spiro atoms. The molecule has 0 radical (unpaired) electrons. The predicted octanol–water partition coefficient (Wildman–Crippen LogP) is 1.71. The molecule has 0 aromatic heterocycles. The van der Waals surface area contributed by atoms with E-state index < -0.39 is 29.2 Å². The normalized spacial score (nSPS) is 11.1. The fourth-order valence-corrected chi connectivity index (χ4v) is 1.67. The number of hydrogen-bond donors (Lipinski definition) is 0. The Balaban J connectivity index is 5.00. The molecular weight excluding hydrogens is 264 g/mol. The molecule has 6 heteroatoms. The third-order valence-corrected chi connectivity index (χ3v) is 2.68. The summed E-state index contributed by atoms with van der Waals surface area (Å²) in [6, 6.07) is 0. The lowest BCUT2D eigenvalue weighted by molar-refractivity contribution is -0.165. The molecular formula is C14H24O6. The molecule has 6 nitrogen and oxygen atoms in total. The molecule has 0 unspecified atom stereocenters. The number of ether oxygens (including phenoxy) is 3. The van der Waals surface area contributed by atoms with Crippen molar-refractivity contribution in [2.75, 3.05) is 19.8 Å². The van der Waals surface area contributed by atoms with Crippen LogP contribution in [-0.2, 0) is 28.6 Å². The standard InChI is InChI=1S/C14H24O6/c1-6-18-11(15)10(12(16)19-7-2)9-14(4,5)13(17)20-8-3/h10H,6-9H2,1-5H3. The van der Waals surface area contributed by atoms with Gasteiger partial charge < -0.3 is 14.2 Å². The van der Waals surface area contributed by atoms with Crippen LogP contribution in [0.2, 0.25) is 0 Å². The molecule has 0 saturated carbocycles. The van der Waals surface area contributed by atoms with Crippen molar-refractivity contribution in [3.8, 4) is 0 Å². The van der Waals surface area contributed by atoms with Crippen molar-refractivity contribution >= 4 is 17.9 Å². The lowest BCUT2D eigenvalue weighted by Gasteiger charge is -2.25. The van der Waals surface area contributed by atoms with Gasteiger partial charge >= 0.3 is 17.9 Å². The fraction of sp³-hybridized carbons (Fsp3) is 0.786. The number of carbonyl (C=O) groups excluding carboxylic acids is 3. The molecule has 0 heterocycles. The highest BCUT2D eigenvalue weighted by atomic mass is 16.6. The van der Waals surface area contributed by atoms with Gasteiger partial charge in [0.1, 0.15) is 0 Å². The average molecular weight is 288 g/mol. The number of rotatable bonds is 8. The van der Waals surface area contributed by atoms with Crippen molar-refractivity contribution in [3.63, 3.8) is 0 Å². The largest absolute Gasteiger partial charge is 0.466 e. The van der Waals surface area contributed by atoms with Gasteiger partial charge in [0, 0.05) is 0 Å². The zero-order chi connectivity index (χ0) is 15.8. The molecule has 0 aliphatic heterocycles. The third-order valence-electron chi connectivity index (χ3n) is 2.68. The molecule has 0 atom stereocenters. The summed E-state index contributed by atoms with van der Waals surface area (Å²) in [5, 5.41) is 0. The zero-order valence-electron chi connectivity index (χ0n) is 12.9. The van der Waals surface area contributed by atoms with Gasteiger partial charge in [-0.3, -0.25) is 14.4 Å². The van der Waals surface area contributed by atoms with Gasteiger partial charge in [-0.15, -0.1) is 0 Å². The van der Waals surface area contributed by atoms with Crippen LogP contribution < -0.4 is 0 Å². The smallest absolute Gasteiger partial charge is 0.320 e. The Bertz CT molecular complexity index is 330. The van der Waals surface area contributed by atoms with Crippen LogP contribution in [0, 0.1) is 11.3 Å². The predicted molar refractivity (Wildman–Crippen MR) is 71.8 cm³/mol. The number of hydrogen-bond acceptors (Lipinski definition) is 6. The van der Waals surface area contributed by atoms with E-state index in [4.69, 9.17) is 14.2 Å². The average Bonchev–Trinajstić information content (AvgIpc) is 2.36. The van der Waals surface area contributed by atoms with Crippen molar-refractivity contribution in [2.45, 2.75) is 41.0 Å². The van der Waals surface area contributed by atoms with Crippen molar-refractivity contribution in [2.24, 2.45) is 11.3 Å². The van der Waals surface area contributed by atoms with Crippen LogP contribution in [0.3, 0.4) is 0 Å². The summed E-state index contributed by atoms with van der Waals surface area (Å²) >= 11 is 0. The first kappa shape index (κ1) is 18.4. The summed E-state index contributed by atoms with van der Waals surface area (Å²) in [4.78, 5) is 35.5. The maximum Gasteiger partial charge on any atom is 0.320 e. The summed E-state index contributed by atoms with van der Waals surface area (Å²) in [6.07, 6.45) is -0.0104. The van der Waals surface area contributed by atoms with E-state index in [1.165, 1.54) is 0 Å². The van der Waals surface area contributed by atoms with E-state index in [1.54, 1.807) is 34.6 Å². The minimum Gasteiger partial charge on any atom is -0.466 e.